The maximum atomic E-state index is 9.67. The molecule has 2 rings (SSSR count). The number of rotatable bonds is 2. The summed E-state index contributed by atoms with van der Waals surface area (Å²) in [4.78, 5) is 0. The minimum absolute atomic E-state index is 0.512. The monoisotopic (exact) mass is 266 g/mol. The van der Waals surface area contributed by atoms with Gasteiger partial charge in [0.2, 0.25) is 0 Å². The second kappa shape index (κ2) is 4.16. The van der Waals surface area contributed by atoms with E-state index in [1.54, 1.807) is 17.8 Å². The molecule has 1 unspecified atom stereocenters. The van der Waals surface area contributed by atoms with Crippen LogP contribution in [0.15, 0.2) is 41.1 Å². The molecule has 3 nitrogen and oxygen atoms in total. The van der Waals surface area contributed by atoms with Crippen LogP contribution in [0.4, 0.5) is 0 Å². The SMILES string of the molecule is CC(O)c1cc(Br)ccc1-n1cccn1. The average Bonchev–Trinajstić information content (AvgIpc) is 2.70. The standard InChI is InChI=1S/C11H11BrN2O/c1-8(15)10-7-9(12)3-4-11(10)14-6-2-5-13-14/h2-8,15H,1H3. The Hall–Kier alpha value is -1.13. The summed E-state index contributed by atoms with van der Waals surface area (Å²) < 4.78 is 2.70. The Morgan fingerprint density at radius 2 is 2.27 bits per heavy atom. The van der Waals surface area contributed by atoms with Gasteiger partial charge in [-0.15, -0.1) is 0 Å². The van der Waals surface area contributed by atoms with Crippen LogP contribution in [0.1, 0.15) is 18.6 Å². The minimum atomic E-state index is -0.512. The first-order chi connectivity index (χ1) is 7.18. The lowest BCUT2D eigenvalue weighted by Gasteiger charge is -2.12. The Morgan fingerprint density at radius 1 is 1.47 bits per heavy atom. The molecule has 0 aliphatic carbocycles. The smallest absolute Gasteiger partial charge is 0.0783 e. The lowest BCUT2D eigenvalue weighted by Crippen LogP contribution is -2.02. The van der Waals surface area contributed by atoms with Crippen LogP contribution < -0.4 is 0 Å². The van der Waals surface area contributed by atoms with Crippen molar-refractivity contribution < 1.29 is 5.11 Å². The van der Waals surface area contributed by atoms with E-state index in [-0.39, 0.29) is 0 Å². The molecule has 0 spiro atoms. The summed E-state index contributed by atoms with van der Waals surface area (Å²) in [6.07, 6.45) is 3.06. The molecule has 15 heavy (non-hydrogen) atoms. The molecule has 4 heteroatoms. The predicted octanol–water partition coefficient (Wildman–Crippen LogP) is 2.69. The van der Waals surface area contributed by atoms with Crippen molar-refractivity contribution in [2.45, 2.75) is 13.0 Å². The summed E-state index contributed by atoms with van der Waals surface area (Å²) in [7, 11) is 0. The van der Waals surface area contributed by atoms with E-state index in [9.17, 15) is 5.11 Å². The molecule has 1 heterocycles. The van der Waals surface area contributed by atoms with E-state index in [4.69, 9.17) is 0 Å². The van der Waals surface area contributed by atoms with E-state index in [0.29, 0.717) is 0 Å². The molecule has 78 valence electrons. The Kier molecular flexibility index (Phi) is 2.88. The molecular weight excluding hydrogens is 256 g/mol. The van der Waals surface area contributed by atoms with Crippen LogP contribution in [0, 0.1) is 0 Å². The summed E-state index contributed by atoms with van der Waals surface area (Å²) >= 11 is 3.39. The molecule has 0 aliphatic heterocycles. The third-order valence-corrected chi connectivity index (χ3v) is 2.68. The Labute approximate surface area is 96.5 Å². The number of nitrogens with zero attached hydrogens (tertiary/aromatic N) is 2. The molecule has 1 aromatic heterocycles. The van der Waals surface area contributed by atoms with E-state index in [0.717, 1.165) is 15.7 Å². The number of hydrogen-bond donors (Lipinski definition) is 1. The highest BCUT2D eigenvalue weighted by molar-refractivity contribution is 9.10. The number of halogens is 1. The zero-order valence-electron chi connectivity index (χ0n) is 8.26. The molecule has 0 radical (unpaired) electrons. The van der Waals surface area contributed by atoms with Gasteiger partial charge in [0.25, 0.3) is 0 Å². The minimum Gasteiger partial charge on any atom is -0.389 e. The van der Waals surface area contributed by atoms with E-state index in [1.165, 1.54) is 0 Å². The summed E-state index contributed by atoms with van der Waals surface area (Å²) in [6.45, 7) is 1.74. The van der Waals surface area contributed by atoms with Gasteiger partial charge >= 0.3 is 0 Å². The molecule has 0 bridgehead atoms. The normalized spacial score (nSPS) is 12.7. The van der Waals surface area contributed by atoms with Gasteiger partial charge in [0, 0.05) is 22.4 Å². The van der Waals surface area contributed by atoms with Gasteiger partial charge in [-0.2, -0.15) is 5.10 Å². The van der Waals surface area contributed by atoms with E-state index >= 15 is 0 Å². The molecule has 1 N–H and O–H groups in total. The van der Waals surface area contributed by atoms with Crippen LogP contribution in [-0.4, -0.2) is 14.9 Å². The molecule has 0 aliphatic rings. The number of aliphatic hydroxyl groups excluding tert-OH is 1. The lowest BCUT2D eigenvalue weighted by atomic mass is 10.1. The van der Waals surface area contributed by atoms with Gasteiger partial charge in [0.1, 0.15) is 0 Å². The largest absolute Gasteiger partial charge is 0.389 e. The van der Waals surface area contributed by atoms with Crippen molar-refractivity contribution in [3.63, 3.8) is 0 Å². The molecule has 1 atom stereocenters. The molecule has 1 aromatic carbocycles. The van der Waals surface area contributed by atoms with Crippen LogP contribution in [-0.2, 0) is 0 Å². The van der Waals surface area contributed by atoms with Crippen molar-refractivity contribution in [2.75, 3.05) is 0 Å². The van der Waals surface area contributed by atoms with Crippen molar-refractivity contribution >= 4 is 15.9 Å². The van der Waals surface area contributed by atoms with Gasteiger partial charge in [-0.3, -0.25) is 0 Å². The van der Waals surface area contributed by atoms with Crippen molar-refractivity contribution in [2.24, 2.45) is 0 Å². The van der Waals surface area contributed by atoms with E-state index in [2.05, 4.69) is 21.0 Å². The second-order valence-corrected chi connectivity index (χ2v) is 4.25. The number of aliphatic hydroxyl groups is 1. The lowest BCUT2D eigenvalue weighted by molar-refractivity contribution is 0.199. The zero-order chi connectivity index (χ0) is 10.8. The van der Waals surface area contributed by atoms with Crippen molar-refractivity contribution in [1.82, 2.24) is 9.78 Å². The maximum absolute atomic E-state index is 9.67. The van der Waals surface area contributed by atoms with Crippen molar-refractivity contribution in [1.29, 1.82) is 0 Å². The van der Waals surface area contributed by atoms with Crippen LogP contribution >= 0.6 is 15.9 Å². The van der Waals surface area contributed by atoms with Crippen LogP contribution in [0.25, 0.3) is 5.69 Å². The summed E-state index contributed by atoms with van der Waals surface area (Å²) in [6, 6.07) is 7.62. The van der Waals surface area contributed by atoms with Gasteiger partial charge < -0.3 is 5.11 Å². The van der Waals surface area contributed by atoms with Gasteiger partial charge in [0.05, 0.1) is 11.8 Å². The maximum Gasteiger partial charge on any atom is 0.0783 e. The number of hydrogen-bond acceptors (Lipinski definition) is 2. The first-order valence-corrected chi connectivity index (χ1v) is 5.45. The Bertz CT molecular complexity index is 452. The third kappa shape index (κ3) is 2.11. The third-order valence-electron chi connectivity index (χ3n) is 2.19. The fourth-order valence-electron chi connectivity index (χ4n) is 1.48. The van der Waals surface area contributed by atoms with Crippen LogP contribution in [0.2, 0.25) is 0 Å². The quantitative estimate of drug-likeness (QED) is 0.908. The summed E-state index contributed by atoms with van der Waals surface area (Å²) in [5, 5.41) is 13.8. The van der Waals surface area contributed by atoms with E-state index in [1.807, 2.05) is 30.5 Å². The highest BCUT2D eigenvalue weighted by Crippen LogP contribution is 2.24. The molecular formula is C11H11BrN2O. The first-order valence-electron chi connectivity index (χ1n) is 4.66. The van der Waals surface area contributed by atoms with Crippen LogP contribution in [0.3, 0.4) is 0 Å². The Morgan fingerprint density at radius 3 is 2.87 bits per heavy atom. The first kappa shape index (κ1) is 10.4. The molecule has 0 fully saturated rings. The van der Waals surface area contributed by atoms with Crippen molar-refractivity contribution in [3.8, 4) is 5.69 Å². The highest BCUT2D eigenvalue weighted by atomic mass is 79.9. The Balaban J connectivity index is 2.56. The average molecular weight is 267 g/mol. The highest BCUT2D eigenvalue weighted by Gasteiger charge is 2.10. The fraction of sp³-hybridized carbons (Fsp3) is 0.182. The van der Waals surface area contributed by atoms with Gasteiger partial charge in [-0.05, 0) is 31.2 Å². The van der Waals surface area contributed by atoms with Gasteiger partial charge in [-0.25, -0.2) is 4.68 Å². The fourth-order valence-corrected chi connectivity index (χ4v) is 1.86. The van der Waals surface area contributed by atoms with Crippen LogP contribution in [0.5, 0.6) is 0 Å². The van der Waals surface area contributed by atoms with Crippen molar-refractivity contribution in [3.05, 3.63) is 46.7 Å². The van der Waals surface area contributed by atoms with Gasteiger partial charge in [0.15, 0.2) is 0 Å². The van der Waals surface area contributed by atoms with E-state index < -0.39 is 6.10 Å². The zero-order valence-corrected chi connectivity index (χ0v) is 9.85. The predicted molar refractivity (Wildman–Crippen MR) is 61.9 cm³/mol. The number of benzene rings is 1. The molecule has 0 saturated carbocycles. The topological polar surface area (TPSA) is 38.0 Å². The molecule has 2 aromatic rings. The summed E-state index contributed by atoms with van der Waals surface area (Å²) in [5.41, 5.74) is 1.76. The number of aromatic nitrogens is 2. The molecule has 0 saturated heterocycles. The molecule has 0 amide bonds. The van der Waals surface area contributed by atoms with Gasteiger partial charge in [-0.1, -0.05) is 15.9 Å². The summed E-state index contributed by atoms with van der Waals surface area (Å²) in [5.74, 6) is 0. The second-order valence-electron chi connectivity index (χ2n) is 3.33.